The van der Waals surface area contributed by atoms with Crippen molar-refractivity contribution >= 4 is 0 Å². The topological polar surface area (TPSA) is 3.24 Å². The lowest BCUT2D eigenvalue weighted by molar-refractivity contribution is 0.200. The van der Waals surface area contributed by atoms with Crippen molar-refractivity contribution in [3.63, 3.8) is 0 Å². The molecule has 0 aromatic carbocycles. The fourth-order valence-electron chi connectivity index (χ4n) is 2.79. The number of rotatable bonds is 11. The number of unbranched alkanes of at least 4 members (excludes halogenated alkanes) is 1. The quantitative estimate of drug-likeness (QED) is 0.441. The first kappa shape index (κ1) is 19.5. The highest BCUT2D eigenvalue weighted by molar-refractivity contribution is 4.98. The molecule has 3 unspecified atom stereocenters. The lowest BCUT2D eigenvalue weighted by Gasteiger charge is -2.36. The van der Waals surface area contributed by atoms with Crippen LogP contribution in [0.5, 0.6) is 0 Å². The molecule has 0 saturated carbocycles. The largest absolute Gasteiger partial charge is 0.372 e. The van der Waals surface area contributed by atoms with E-state index in [1.54, 1.807) is 0 Å². The summed E-state index contributed by atoms with van der Waals surface area (Å²) in [5.74, 6) is 2.28. The summed E-state index contributed by atoms with van der Waals surface area (Å²) in [6.45, 7) is 21.9. The van der Waals surface area contributed by atoms with Crippen LogP contribution in [0.1, 0.15) is 80.6 Å². The van der Waals surface area contributed by atoms with Crippen LogP contribution in [0.4, 0.5) is 0 Å². The van der Waals surface area contributed by atoms with E-state index in [0.29, 0.717) is 12.0 Å². The zero-order valence-corrected chi connectivity index (χ0v) is 15.2. The second-order valence-electron chi connectivity index (χ2n) is 7.16. The average Bonchev–Trinajstić information content (AvgIpc) is 2.38. The molecule has 0 aliphatic heterocycles. The fraction of sp³-hybridized carbons (Fsp3) is 0.895. The van der Waals surface area contributed by atoms with Crippen molar-refractivity contribution < 1.29 is 0 Å². The molecule has 1 heteroatoms. The van der Waals surface area contributed by atoms with Crippen molar-refractivity contribution in [2.45, 2.75) is 86.6 Å². The van der Waals surface area contributed by atoms with Crippen LogP contribution in [0.2, 0.25) is 0 Å². The summed E-state index contributed by atoms with van der Waals surface area (Å²) in [6.07, 6.45) is 6.31. The Labute approximate surface area is 128 Å². The van der Waals surface area contributed by atoms with E-state index in [1.165, 1.54) is 37.9 Å². The first-order valence-electron chi connectivity index (χ1n) is 8.77. The van der Waals surface area contributed by atoms with Gasteiger partial charge in [-0.2, -0.15) is 0 Å². The van der Waals surface area contributed by atoms with E-state index >= 15 is 0 Å². The van der Waals surface area contributed by atoms with Gasteiger partial charge in [0.1, 0.15) is 0 Å². The van der Waals surface area contributed by atoms with Gasteiger partial charge in [0, 0.05) is 18.3 Å². The number of hydrogen-bond acceptors (Lipinski definition) is 1. The van der Waals surface area contributed by atoms with Gasteiger partial charge in [-0.25, -0.2) is 0 Å². The molecule has 0 rings (SSSR count). The molecule has 0 fully saturated rings. The monoisotopic (exact) mass is 281 g/mol. The van der Waals surface area contributed by atoms with Crippen molar-refractivity contribution in [1.29, 1.82) is 0 Å². The minimum atomic E-state index is 0.602. The zero-order chi connectivity index (χ0) is 15.7. The third kappa shape index (κ3) is 7.36. The minimum absolute atomic E-state index is 0.602. The Kier molecular flexibility index (Phi) is 10.1. The first-order chi connectivity index (χ1) is 9.33. The molecule has 0 saturated heterocycles. The molecule has 0 amide bonds. The maximum absolute atomic E-state index is 4.41. The zero-order valence-electron chi connectivity index (χ0n) is 15.2. The van der Waals surface area contributed by atoms with Gasteiger partial charge < -0.3 is 4.90 Å². The van der Waals surface area contributed by atoms with Crippen molar-refractivity contribution in [3.05, 3.63) is 12.3 Å². The van der Waals surface area contributed by atoms with Crippen LogP contribution in [-0.4, -0.2) is 17.5 Å². The van der Waals surface area contributed by atoms with Crippen LogP contribution in [-0.2, 0) is 0 Å². The average molecular weight is 282 g/mol. The SMILES string of the molecule is C=C(CC(C)CC(C)CC)N(CCCC)C(C)C(C)C. The van der Waals surface area contributed by atoms with Crippen molar-refractivity contribution in [1.82, 2.24) is 4.90 Å². The highest BCUT2D eigenvalue weighted by atomic mass is 15.2. The van der Waals surface area contributed by atoms with E-state index in [9.17, 15) is 0 Å². The molecule has 0 aliphatic rings. The summed E-state index contributed by atoms with van der Waals surface area (Å²) in [5, 5.41) is 0. The van der Waals surface area contributed by atoms with Gasteiger partial charge in [0.15, 0.2) is 0 Å². The molecule has 0 heterocycles. The van der Waals surface area contributed by atoms with Crippen LogP contribution in [0.25, 0.3) is 0 Å². The number of allylic oxidation sites excluding steroid dienone is 1. The smallest absolute Gasteiger partial charge is 0.0281 e. The minimum Gasteiger partial charge on any atom is -0.372 e. The lowest BCUT2D eigenvalue weighted by atomic mass is 9.91. The van der Waals surface area contributed by atoms with E-state index in [2.05, 4.69) is 59.9 Å². The third-order valence-corrected chi connectivity index (χ3v) is 4.70. The van der Waals surface area contributed by atoms with Crippen molar-refractivity contribution in [2.24, 2.45) is 17.8 Å². The third-order valence-electron chi connectivity index (χ3n) is 4.70. The van der Waals surface area contributed by atoms with Gasteiger partial charge in [-0.1, -0.05) is 61.0 Å². The summed E-state index contributed by atoms with van der Waals surface area (Å²) in [5.41, 5.74) is 1.36. The maximum Gasteiger partial charge on any atom is 0.0281 e. The normalized spacial score (nSPS) is 16.0. The Hall–Kier alpha value is -0.460. The molecule has 0 aromatic heterocycles. The molecule has 0 spiro atoms. The Bertz CT molecular complexity index is 256. The molecule has 3 atom stereocenters. The molecular weight excluding hydrogens is 242 g/mol. The van der Waals surface area contributed by atoms with E-state index in [4.69, 9.17) is 0 Å². The standard InChI is InChI=1S/C19H39N/c1-9-11-12-20(19(8)15(3)4)18(7)14-17(6)13-16(5)10-2/h15-17,19H,7,9-14H2,1-6,8H3. The molecular formula is C19H39N. The van der Waals surface area contributed by atoms with Gasteiger partial charge in [-0.3, -0.25) is 0 Å². The second-order valence-corrected chi connectivity index (χ2v) is 7.16. The number of hydrogen-bond donors (Lipinski definition) is 0. The Morgan fingerprint density at radius 2 is 1.60 bits per heavy atom. The van der Waals surface area contributed by atoms with E-state index in [-0.39, 0.29) is 0 Å². The van der Waals surface area contributed by atoms with Crippen molar-refractivity contribution in [2.75, 3.05) is 6.54 Å². The van der Waals surface area contributed by atoms with Gasteiger partial charge in [0.2, 0.25) is 0 Å². The predicted molar refractivity (Wildman–Crippen MR) is 92.9 cm³/mol. The summed E-state index contributed by atoms with van der Waals surface area (Å²) in [7, 11) is 0. The second kappa shape index (κ2) is 10.3. The van der Waals surface area contributed by atoms with E-state index < -0.39 is 0 Å². The Balaban J connectivity index is 4.53. The first-order valence-corrected chi connectivity index (χ1v) is 8.77. The molecule has 0 aliphatic carbocycles. The summed E-state index contributed by atoms with van der Waals surface area (Å²) in [4.78, 5) is 2.57. The van der Waals surface area contributed by atoms with Crippen LogP contribution >= 0.6 is 0 Å². The van der Waals surface area contributed by atoms with Gasteiger partial charge in [0.25, 0.3) is 0 Å². The summed E-state index contributed by atoms with van der Waals surface area (Å²) in [6, 6.07) is 0.602. The molecule has 1 nitrogen and oxygen atoms in total. The Morgan fingerprint density at radius 3 is 2.05 bits per heavy atom. The van der Waals surface area contributed by atoms with Gasteiger partial charge >= 0.3 is 0 Å². The van der Waals surface area contributed by atoms with Gasteiger partial charge in [-0.05, 0) is 43.9 Å². The fourth-order valence-corrected chi connectivity index (χ4v) is 2.79. The molecule has 0 aromatic rings. The molecule has 0 N–H and O–H groups in total. The van der Waals surface area contributed by atoms with Crippen LogP contribution in [0.15, 0.2) is 12.3 Å². The predicted octanol–water partition coefficient (Wildman–Crippen LogP) is 6.11. The highest BCUT2D eigenvalue weighted by Crippen LogP contribution is 2.25. The van der Waals surface area contributed by atoms with Crippen LogP contribution in [0, 0.1) is 17.8 Å². The number of nitrogens with zero attached hydrogens (tertiary/aromatic N) is 1. The lowest BCUT2D eigenvalue weighted by Crippen LogP contribution is -2.37. The highest BCUT2D eigenvalue weighted by Gasteiger charge is 2.19. The van der Waals surface area contributed by atoms with E-state index in [1.807, 2.05) is 0 Å². The molecule has 0 bridgehead atoms. The summed E-state index contributed by atoms with van der Waals surface area (Å²) < 4.78 is 0. The van der Waals surface area contributed by atoms with Crippen LogP contribution < -0.4 is 0 Å². The van der Waals surface area contributed by atoms with Gasteiger partial charge in [0.05, 0.1) is 0 Å². The molecule has 0 radical (unpaired) electrons. The van der Waals surface area contributed by atoms with E-state index in [0.717, 1.165) is 18.3 Å². The Morgan fingerprint density at radius 1 is 1.00 bits per heavy atom. The van der Waals surface area contributed by atoms with Crippen LogP contribution in [0.3, 0.4) is 0 Å². The molecule has 20 heavy (non-hydrogen) atoms. The summed E-state index contributed by atoms with van der Waals surface area (Å²) >= 11 is 0. The van der Waals surface area contributed by atoms with Crippen molar-refractivity contribution in [3.8, 4) is 0 Å². The maximum atomic E-state index is 4.41. The van der Waals surface area contributed by atoms with Gasteiger partial charge in [-0.15, -0.1) is 0 Å². The molecule has 120 valence electrons.